The fraction of sp³-hybridized carbons (Fsp3) is 0.429. The molecule has 0 aliphatic carbocycles. The number of methoxy groups -OCH3 is 1. The minimum absolute atomic E-state index is 0.281. The van der Waals surface area contributed by atoms with Crippen LogP contribution < -0.4 is 14.8 Å². The molecule has 0 radical (unpaired) electrons. The van der Waals surface area contributed by atoms with E-state index in [4.69, 9.17) is 15.9 Å². The van der Waals surface area contributed by atoms with Crippen LogP contribution in [-0.2, 0) is 0 Å². The Balaban J connectivity index is 2.82. The van der Waals surface area contributed by atoms with E-state index < -0.39 is 0 Å². The summed E-state index contributed by atoms with van der Waals surface area (Å²) in [5.41, 5.74) is 1.16. The van der Waals surface area contributed by atoms with Crippen LogP contribution in [-0.4, -0.2) is 20.8 Å². The zero-order valence-corrected chi connectivity index (χ0v) is 10.6. The predicted molar refractivity (Wildman–Crippen MR) is 69.4 cm³/mol. The molecule has 0 bridgehead atoms. The fourth-order valence-corrected chi connectivity index (χ4v) is 1.46. The van der Waals surface area contributed by atoms with Crippen molar-refractivity contribution in [1.29, 1.82) is 0 Å². The summed E-state index contributed by atoms with van der Waals surface area (Å²) in [6, 6.07) is 6.20. The van der Waals surface area contributed by atoms with Crippen molar-refractivity contribution in [3.05, 3.63) is 23.8 Å². The van der Waals surface area contributed by atoms with E-state index in [2.05, 4.69) is 18.2 Å². The monoisotopic (exact) mass is 233 g/mol. The number of ether oxygens (including phenoxy) is 2. The second kappa shape index (κ2) is 6.82. The van der Waals surface area contributed by atoms with Gasteiger partial charge in [0.05, 0.1) is 13.7 Å². The van der Waals surface area contributed by atoms with Crippen molar-refractivity contribution in [2.75, 3.05) is 20.8 Å². The summed E-state index contributed by atoms with van der Waals surface area (Å²) in [5, 5.41) is 3.18. The van der Waals surface area contributed by atoms with Crippen LogP contribution in [0.1, 0.15) is 24.9 Å². The van der Waals surface area contributed by atoms with Crippen LogP contribution in [0.5, 0.6) is 11.5 Å². The van der Waals surface area contributed by atoms with E-state index in [1.165, 1.54) is 0 Å². The molecule has 17 heavy (non-hydrogen) atoms. The molecule has 3 nitrogen and oxygen atoms in total. The number of nitrogens with one attached hydrogen (secondary N) is 1. The number of benzene rings is 1. The fourth-order valence-electron chi connectivity index (χ4n) is 1.46. The van der Waals surface area contributed by atoms with E-state index in [1.54, 1.807) is 7.11 Å². The first kappa shape index (κ1) is 13.4. The molecule has 1 aromatic carbocycles. The first-order valence-electron chi connectivity index (χ1n) is 5.64. The van der Waals surface area contributed by atoms with E-state index >= 15 is 0 Å². The Morgan fingerprint density at radius 3 is 2.76 bits per heavy atom. The number of hydrogen-bond acceptors (Lipinski definition) is 3. The van der Waals surface area contributed by atoms with Crippen LogP contribution in [0.2, 0.25) is 0 Å². The molecule has 0 aliphatic rings. The lowest BCUT2D eigenvalue weighted by atomic mass is 10.1. The van der Waals surface area contributed by atoms with Gasteiger partial charge in [0.1, 0.15) is 0 Å². The van der Waals surface area contributed by atoms with Crippen LogP contribution in [0.15, 0.2) is 18.2 Å². The van der Waals surface area contributed by atoms with E-state index in [9.17, 15) is 0 Å². The summed E-state index contributed by atoms with van der Waals surface area (Å²) in [4.78, 5) is 0. The van der Waals surface area contributed by atoms with Gasteiger partial charge in [-0.2, -0.15) is 0 Å². The van der Waals surface area contributed by atoms with Crippen molar-refractivity contribution in [2.24, 2.45) is 0 Å². The van der Waals surface area contributed by atoms with Gasteiger partial charge in [0, 0.05) is 12.5 Å². The molecule has 0 heterocycles. The maximum absolute atomic E-state index is 5.55. The third kappa shape index (κ3) is 3.69. The van der Waals surface area contributed by atoms with Crippen LogP contribution in [0.3, 0.4) is 0 Å². The third-order valence-corrected chi connectivity index (χ3v) is 2.62. The predicted octanol–water partition coefficient (Wildman–Crippen LogP) is 2.38. The van der Waals surface area contributed by atoms with Gasteiger partial charge in [-0.15, -0.1) is 12.3 Å². The average Bonchev–Trinajstić information content (AvgIpc) is 2.38. The molecule has 0 aromatic heterocycles. The molecule has 0 aliphatic heterocycles. The van der Waals surface area contributed by atoms with Crippen molar-refractivity contribution < 1.29 is 9.47 Å². The van der Waals surface area contributed by atoms with Gasteiger partial charge in [-0.1, -0.05) is 6.07 Å². The van der Waals surface area contributed by atoms with Gasteiger partial charge in [0.2, 0.25) is 0 Å². The highest BCUT2D eigenvalue weighted by Gasteiger charge is 2.08. The molecule has 1 N–H and O–H groups in total. The minimum atomic E-state index is 0.281. The number of rotatable bonds is 6. The normalized spacial score (nSPS) is 11.6. The Labute approximate surface area is 103 Å². The van der Waals surface area contributed by atoms with Gasteiger partial charge >= 0.3 is 0 Å². The molecule has 1 unspecified atom stereocenters. The molecule has 0 spiro atoms. The summed E-state index contributed by atoms with van der Waals surface area (Å²) >= 11 is 0. The maximum atomic E-state index is 5.55. The van der Waals surface area contributed by atoms with E-state index in [-0.39, 0.29) is 6.04 Å². The number of terminal acetylenes is 1. The molecular weight excluding hydrogens is 214 g/mol. The van der Waals surface area contributed by atoms with Crippen molar-refractivity contribution in [3.63, 3.8) is 0 Å². The summed E-state index contributed by atoms with van der Waals surface area (Å²) in [6.07, 6.45) is 5.77. The average molecular weight is 233 g/mol. The molecular formula is C14H19NO2. The van der Waals surface area contributed by atoms with Crippen LogP contribution in [0.25, 0.3) is 0 Å². The quantitative estimate of drug-likeness (QED) is 0.604. The SMILES string of the molecule is C#CCCOc1ccc(C(C)NC)cc1OC. The Morgan fingerprint density at radius 2 is 2.18 bits per heavy atom. The van der Waals surface area contributed by atoms with E-state index in [0.717, 1.165) is 17.1 Å². The van der Waals surface area contributed by atoms with E-state index in [1.807, 2.05) is 25.2 Å². The van der Waals surface area contributed by atoms with Gasteiger partial charge in [-0.3, -0.25) is 0 Å². The summed E-state index contributed by atoms with van der Waals surface area (Å²) in [6.45, 7) is 2.60. The topological polar surface area (TPSA) is 30.5 Å². The molecule has 1 atom stereocenters. The smallest absolute Gasteiger partial charge is 0.161 e. The highest BCUT2D eigenvalue weighted by molar-refractivity contribution is 5.43. The second-order valence-corrected chi connectivity index (χ2v) is 3.72. The number of hydrogen-bond donors (Lipinski definition) is 1. The van der Waals surface area contributed by atoms with Crippen molar-refractivity contribution in [2.45, 2.75) is 19.4 Å². The molecule has 0 fully saturated rings. The standard InChI is InChI=1S/C14H19NO2/c1-5-6-9-17-13-8-7-12(11(2)15-3)10-14(13)16-4/h1,7-8,10-11,15H,6,9H2,2-4H3. The van der Waals surface area contributed by atoms with Crippen LogP contribution in [0, 0.1) is 12.3 Å². The van der Waals surface area contributed by atoms with Crippen LogP contribution >= 0.6 is 0 Å². The summed E-state index contributed by atoms with van der Waals surface area (Å²) < 4.78 is 10.9. The first-order chi connectivity index (χ1) is 8.22. The third-order valence-electron chi connectivity index (χ3n) is 2.62. The first-order valence-corrected chi connectivity index (χ1v) is 5.64. The van der Waals surface area contributed by atoms with Gasteiger partial charge in [-0.05, 0) is 31.7 Å². The molecule has 0 saturated heterocycles. The van der Waals surface area contributed by atoms with Gasteiger partial charge in [-0.25, -0.2) is 0 Å². The molecule has 0 saturated carbocycles. The van der Waals surface area contributed by atoms with Gasteiger partial charge in [0.15, 0.2) is 11.5 Å². The summed E-state index contributed by atoms with van der Waals surface area (Å²) in [7, 11) is 3.56. The minimum Gasteiger partial charge on any atom is -0.493 e. The molecule has 1 rings (SSSR count). The molecule has 3 heteroatoms. The molecule has 92 valence electrons. The molecule has 1 aromatic rings. The lowest BCUT2D eigenvalue weighted by molar-refractivity contribution is 0.301. The highest BCUT2D eigenvalue weighted by Crippen LogP contribution is 2.30. The Kier molecular flexibility index (Phi) is 5.38. The van der Waals surface area contributed by atoms with Crippen molar-refractivity contribution >= 4 is 0 Å². The Morgan fingerprint density at radius 1 is 1.41 bits per heavy atom. The van der Waals surface area contributed by atoms with Crippen LogP contribution in [0.4, 0.5) is 0 Å². The Bertz CT molecular complexity index is 396. The Hall–Kier alpha value is -1.66. The largest absolute Gasteiger partial charge is 0.493 e. The zero-order valence-electron chi connectivity index (χ0n) is 10.6. The second-order valence-electron chi connectivity index (χ2n) is 3.72. The van der Waals surface area contributed by atoms with Crippen molar-refractivity contribution in [3.8, 4) is 23.8 Å². The zero-order chi connectivity index (χ0) is 12.7. The lowest BCUT2D eigenvalue weighted by Crippen LogP contribution is -2.12. The van der Waals surface area contributed by atoms with Gasteiger partial charge in [0.25, 0.3) is 0 Å². The highest BCUT2D eigenvalue weighted by atomic mass is 16.5. The lowest BCUT2D eigenvalue weighted by Gasteiger charge is -2.15. The van der Waals surface area contributed by atoms with E-state index in [0.29, 0.717) is 13.0 Å². The van der Waals surface area contributed by atoms with Crippen molar-refractivity contribution in [1.82, 2.24) is 5.32 Å². The molecule has 0 amide bonds. The van der Waals surface area contributed by atoms with Gasteiger partial charge < -0.3 is 14.8 Å². The summed E-state index contributed by atoms with van der Waals surface area (Å²) in [5.74, 6) is 4.01. The maximum Gasteiger partial charge on any atom is 0.161 e.